The molecule has 0 saturated carbocycles. The quantitative estimate of drug-likeness (QED) is 0.893. The fourth-order valence-corrected chi connectivity index (χ4v) is 2.93. The molecule has 20 heavy (non-hydrogen) atoms. The largest absolute Gasteiger partial charge is 0.362 e. The van der Waals surface area contributed by atoms with Crippen molar-refractivity contribution < 1.29 is 4.79 Å². The number of likely N-dealkylation sites (N-methyl/N-ethyl adjacent to an activating group) is 1. The molecule has 1 amide bonds. The number of amides is 1. The Bertz CT molecular complexity index is 457. The number of hydrogen-bond acceptors (Lipinski definition) is 3. The first-order valence-corrected chi connectivity index (χ1v) is 7.50. The smallest absolute Gasteiger partial charge is 0.242 e. The molecule has 0 saturated heterocycles. The molecule has 0 aromatic heterocycles. The highest BCUT2D eigenvalue weighted by molar-refractivity contribution is 5.82. The molecule has 1 aliphatic heterocycles. The third-order valence-electron chi connectivity index (χ3n) is 4.13. The Morgan fingerprint density at radius 3 is 2.70 bits per heavy atom. The van der Waals surface area contributed by atoms with Crippen molar-refractivity contribution in [1.29, 1.82) is 0 Å². The zero-order chi connectivity index (χ0) is 14.5. The van der Waals surface area contributed by atoms with E-state index >= 15 is 0 Å². The molecule has 1 heterocycles. The van der Waals surface area contributed by atoms with Crippen LogP contribution in [0.2, 0.25) is 0 Å². The Labute approximate surface area is 121 Å². The average molecular weight is 275 g/mol. The number of rotatable bonds is 5. The summed E-state index contributed by atoms with van der Waals surface area (Å²) in [4.78, 5) is 16.4. The van der Waals surface area contributed by atoms with Crippen LogP contribution in [0.4, 0.5) is 5.69 Å². The van der Waals surface area contributed by atoms with Gasteiger partial charge in [-0.15, -0.1) is 0 Å². The zero-order valence-corrected chi connectivity index (χ0v) is 12.7. The Balaban J connectivity index is 2.16. The lowest BCUT2D eigenvalue weighted by Gasteiger charge is -2.36. The van der Waals surface area contributed by atoms with Crippen molar-refractivity contribution in [3.8, 4) is 0 Å². The predicted molar refractivity (Wildman–Crippen MR) is 83.0 cm³/mol. The third-order valence-corrected chi connectivity index (χ3v) is 4.13. The van der Waals surface area contributed by atoms with E-state index in [0.717, 1.165) is 26.1 Å². The van der Waals surface area contributed by atoms with Gasteiger partial charge in [0.1, 0.15) is 0 Å². The summed E-state index contributed by atoms with van der Waals surface area (Å²) in [7, 11) is 2.00. The highest BCUT2D eigenvalue weighted by atomic mass is 16.2. The summed E-state index contributed by atoms with van der Waals surface area (Å²) < 4.78 is 0. The Hall–Kier alpha value is -1.55. The van der Waals surface area contributed by atoms with Crippen LogP contribution in [0.15, 0.2) is 24.3 Å². The van der Waals surface area contributed by atoms with Crippen LogP contribution in [-0.2, 0) is 4.79 Å². The van der Waals surface area contributed by atoms with Crippen LogP contribution in [0.25, 0.3) is 0 Å². The molecule has 4 nitrogen and oxygen atoms in total. The van der Waals surface area contributed by atoms with E-state index in [-0.39, 0.29) is 5.91 Å². The molecule has 1 aromatic carbocycles. The molecule has 1 aliphatic rings. The van der Waals surface area contributed by atoms with E-state index in [9.17, 15) is 4.79 Å². The van der Waals surface area contributed by atoms with Crippen LogP contribution in [0.1, 0.15) is 31.9 Å². The molecule has 1 atom stereocenters. The van der Waals surface area contributed by atoms with Gasteiger partial charge in [0.2, 0.25) is 5.91 Å². The fraction of sp³-hybridized carbons (Fsp3) is 0.562. The van der Waals surface area contributed by atoms with Crippen LogP contribution < -0.4 is 10.2 Å². The number of fused-ring (bicyclic) bond motifs is 1. The van der Waals surface area contributed by atoms with Crippen LogP contribution in [0.3, 0.4) is 0 Å². The molecular weight excluding hydrogens is 250 g/mol. The molecule has 0 spiro atoms. The van der Waals surface area contributed by atoms with E-state index in [4.69, 9.17) is 0 Å². The predicted octanol–water partition coefficient (Wildman–Crippen LogP) is 2.03. The Morgan fingerprint density at radius 1 is 1.35 bits per heavy atom. The molecule has 4 heteroatoms. The van der Waals surface area contributed by atoms with Gasteiger partial charge in [0.15, 0.2) is 0 Å². The number of para-hydroxylation sites is 1. The second-order valence-electron chi connectivity index (χ2n) is 5.18. The summed E-state index contributed by atoms with van der Waals surface area (Å²) in [5, 5.41) is 3.36. The van der Waals surface area contributed by atoms with Gasteiger partial charge in [0.05, 0.1) is 6.54 Å². The summed E-state index contributed by atoms with van der Waals surface area (Å²) in [5.41, 5.74) is 2.49. The topological polar surface area (TPSA) is 35.6 Å². The molecule has 0 aliphatic carbocycles. The lowest BCUT2D eigenvalue weighted by molar-refractivity contribution is -0.129. The third kappa shape index (κ3) is 2.96. The zero-order valence-electron chi connectivity index (χ0n) is 12.7. The van der Waals surface area contributed by atoms with E-state index in [2.05, 4.69) is 28.4 Å². The van der Waals surface area contributed by atoms with E-state index in [1.54, 1.807) is 0 Å². The number of nitrogens with zero attached hydrogens (tertiary/aromatic N) is 2. The number of hydrogen-bond donors (Lipinski definition) is 1. The molecule has 1 aromatic rings. The van der Waals surface area contributed by atoms with Crippen molar-refractivity contribution in [1.82, 2.24) is 10.2 Å². The minimum Gasteiger partial charge on any atom is -0.362 e. The molecule has 1 unspecified atom stereocenters. The van der Waals surface area contributed by atoms with Gasteiger partial charge < -0.3 is 15.1 Å². The molecule has 110 valence electrons. The Kier molecular flexibility index (Phi) is 5.01. The highest BCUT2D eigenvalue weighted by Gasteiger charge is 2.25. The first-order chi connectivity index (χ1) is 9.71. The molecule has 0 fully saturated rings. The SMILES string of the molecule is CCN(CC)C(=O)CN1CCC(NC)c2ccccc21. The minimum absolute atomic E-state index is 0.215. The first kappa shape index (κ1) is 14.9. The van der Waals surface area contributed by atoms with E-state index in [1.807, 2.05) is 31.9 Å². The lowest BCUT2D eigenvalue weighted by Crippen LogP contribution is -2.43. The van der Waals surface area contributed by atoms with Crippen LogP contribution >= 0.6 is 0 Å². The standard InChI is InChI=1S/C16H25N3O/c1-4-18(5-2)16(20)12-19-11-10-14(17-3)13-8-6-7-9-15(13)19/h6-9,14,17H,4-5,10-12H2,1-3H3. The number of benzene rings is 1. The van der Waals surface area contributed by atoms with Crippen molar-refractivity contribution in [2.75, 3.05) is 38.1 Å². The summed E-state index contributed by atoms with van der Waals surface area (Å²) in [6, 6.07) is 8.79. The molecule has 1 N–H and O–H groups in total. The van der Waals surface area contributed by atoms with Gasteiger partial charge in [-0.2, -0.15) is 0 Å². The van der Waals surface area contributed by atoms with Gasteiger partial charge in [0, 0.05) is 31.4 Å². The minimum atomic E-state index is 0.215. The van der Waals surface area contributed by atoms with Gasteiger partial charge in [-0.1, -0.05) is 18.2 Å². The van der Waals surface area contributed by atoms with Crippen LogP contribution in [0, 0.1) is 0 Å². The monoisotopic (exact) mass is 275 g/mol. The van der Waals surface area contributed by atoms with Crippen molar-refractivity contribution >= 4 is 11.6 Å². The molecule has 0 radical (unpaired) electrons. The number of anilines is 1. The van der Waals surface area contributed by atoms with Crippen LogP contribution in [0.5, 0.6) is 0 Å². The summed E-state index contributed by atoms with van der Waals surface area (Å²) in [6.45, 7) is 7.03. The maximum Gasteiger partial charge on any atom is 0.242 e. The summed E-state index contributed by atoms with van der Waals surface area (Å²) >= 11 is 0. The van der Waals surface area contributed by atoms with E-state index < -0.39 is 0 Å². The Morgan fingerprint density at radius 2 is 2.05 bits per heavy atom. The second kappa shape index (κ2) is 6.75. The lowest BCUT2D eigenvalue weighted by atomic mass is 9.96. The first-order valence-electron chi connectivity index (χ1n) is 7.50. The van der Waals surface area contributed by atoms with E-state index in [0.29, 0.717) is 12.6 Å². The molecule has 2 rings (SSSR count). The van der Waals surface area contributed by atoms with Crippen molar-refractivity contribution in [3.63, 3.8) is 0 Å². The second-order valence-corrected chi connectivity index (χ2v) is 5.18. The van der Waals surface area contributed by atoms with Gasteiger partial charge in [0.25, 0.3) is 0 Å². The highest BCUT2D eigenvalue weighted by Crippen LogP contribution is 2.33. The summed E-state index contributed by atoms with van der Waals surface area (Å²) in [6.07, 6.45) is 1.04. The number of carbonyl (C=O) groups excluding carboxylic acids is 1. The molecule has 0 bridgehead atoms. The maximum absolute atomic E-state index is 12.3. The normalized spacial score (nSPS) is 17.8. The van der Waals surface area contributed by atoms with Gasteiger partial charge in [-0.05, 0) is 38.9 Å². The molecular formula is C16H25N3O. The maximum atomic E-state index is 12.3. The van der Waals surface area contributed by atoms with Gasteiger partial charge >= 0.3 is 0 Å². The summed E-state index contributed by atoms with van der Waals surface area (Å²) in [5.74, 6) is 0.215. The number of nitrogens with one attached hydrogen (secondary N) is 1. The number of carbonyl (C=O) groups is 1. The fourth-order valence-electron chi connectivity index (χ4n) is 2.93. The van der Waals surface area contributed by atoms with E-state index in [1.165, 1.54) is 11.3 Å². The van der Waals surface area contributed by atoms with Crippen molar-refractivity contribution in [2.45, 2.75) is 26.3 Å². The average Bonchev–Trinajstić information content (AvgIpc) is 2.49. The van der Waals surface area contributed by atoms with Crippen molar-refractivity contribution in [2.24, 2.45) is 0 Å². The van der Waals surface area contributed by atoms with Gasteiger partial charge in [-0.3, -0.25) is 4.79 Å². The van der Waals surface area contributed by atoms with Crippen molar-refractivity contribution in [3.05, 3.63) is 29.8 Å². The van der Waals surface area contributed by atoms with Crippen LogP contribution in [-0.4, -0.2) is 44.0 Å². The van der Waals surface area contributed by atoms with Gasteiger partial charge in [-0.25, -0.2) is 0 Å².